The van der Waals surface area contributed by atoms with Crippen LogP contribution < -0.4 is 10.2 Å². The molecule has 21 heavy (non-hydrogen) atoms. The van der Waals surface area contributed by atoms with Gasteiger partial charge in [-0.2, -0.15) is 0 Å². The van der Waals surface area contributed by atoms with Crippen molar-refractivity contribution in [3.05, 3.63) is 59.7 Å². The molecule has 0 bridgehead atoms. The molecule has 1 aromatic heterocycles. The fourth-order valence-electron chi connectivity index (χ4n) is 2.22. The van der Waals surface area contributed by atoms with Crippen LogP contribution in [0.4, 0.5) is 10.1 Å². The summed E-state index contributed by atoms with van der Waals surface area (Å²) in [6.45, 7) is 7.33. The second-order valence-corrected chi connectivity index (χ2v) is 4.89. The van der Waals surface area contributed by atoms with E-state index in [-0.39, 0.29) is 5.82 Å². The van der Waals surface area contributed by atoms with Crippen LogP contribution in [-0.4, -0.2) is 18.1 Å². The van der Waals surface area contributed by atoms with Gasteiger partial charge in [0.25, 0.3) is 0 Å². The summed E-state index contributed by atoms with van der Waals surface area (Å²) in [6.07, 6.45) is 0. The predicted octanol–water partition coefficient (Wildman–Crippen LogP) is 3.36. The summed E-state index contributed by atoms with van der Waals surface area (Å²) in [6, 6.07) is 12.7. The highest BCUT2D eigenvalue weighted by Crippen LogP contribution is 2.17. The predicted molar refractivity (Wildman–Crippen MR) is 84.7 cm³/mol. The average Bonchev–Trinajstić information content (AvgIpc) is 2.51. The lowest BCUT2D eigenvalue weighted by atomic mass is 10.2. The minimum Gasteiger partial charge on any atom is -0.366 e. The van der Waals surface area contributed by atoms with Crippen molar-refractivity contribution < 1.29 is 4.39 Å². The smallest absolute Gasteiger partial charge is 0.125 e. The van der Waals surface area contributed by atoms with Crippen LogP contribution >= 0.6 is 0 Å². The van der Waals surface area contributed by atoms with Gasteiger partial charge < -0.3 is 10.2 Å². The topological polar surface area (TPSA) is 28.2 Å². The fourth-order valence-corrected chi connectivity index (χ4v) is 2.22. The quantitative estimate of drug-likeness (QED) is 0.846. The van der Waals surface area contributed by atoms with Crippen molar-refractivity contribution in [3.63, 3.8) is 0 Å². The molecule has 0 fully saturated rings. The van der Waals surface area contributed by atoms with Crippen molar-refractivity contribution in [1.82, 2.24) is 10.3 Å². The first-order chi connectivity index (χ1) is 10.2. The third-order valence-corrected chi connectivity index (χ3v) is 3.33. The molecule has 4 heteroatoms. The van der Waals surface area contributed by atoms with Crippen LogP contribution in [0.25, 0.3) is 0 Å². The van der Waals surface area contributed by atoms with Gasteiger partial charge in [0.1, 0.15) is 5.82 Å². The molecule has 0 unspecified atom stereocenters. The van der Waals surface area contributed by atoms with E-state index in [0.717, 1.165) is 36.7 Å². The molecular formula is C17H22FN3. The first kappa shape index (κ1) is 15.4. The van der Waals surface area contributed by atoms with Crippen molar-refractivity contribution in [2.24, 2.45) is 0 Å². The van der Waals surface area contributed by atoms with Crippen molar-refractivity contribution in [3.8, 4) is 0 Å². The Morgan fingerprint density at radius 3 is 2.57 bits per heavy atom. The van der Waals surface area contributed by atoms with E-state index in [1.54, 1.807) is 12.1 Å². The Balaban J connectivity index is 2.11. The zero-order chi connectivity index (χ0) is 15.1. The van der Waals surface area contributed by atoms with Crippen LogP contribution in [0.2, 0.25) is 0 Å². The van der Waals surface area contributed by atoms with Gasteiger partial charge in [0.2, 0.25) is 0 Å². The molecule has 0 saturated carbocycles. The number of rotatable bonds is 7. The van der Waals surface area contributed by atoms with Crippen LogP contribution in [0.1, 0.15) is 25.2 Å². The Kier molecular flexibility index (Phi) is 5.69. The van der Waals surface area contributed by atoms with Gasteiger partial charge in [-0.25, -0.2) is 4.39 Å². The van der Waals surface area contributed by atoms with E-state index in [4.69, 9.17) is 0 Å². The van der Waals surface area contributed by atoms with E-state index in [2.05, 4.69) is 29.0 Å². The molecule has 2 aromatic rings. The Labute approximate surface area is 125 Å². The number of nitrogens with one attached hydrogen (secondary N) is 1. The van der Waals surface area contributed by atoms with Crippen LogP contribution in [-0.2, 0) is 13.1 Å². The van der Waals surface area contributed by atoms with Crippen LogP contribution in [0.5, 0.6) is 0 Å². The van der Waals surface area contributed by atoms with E-state index >= 15 is 0 Å². The van der Waals surface area contributed by atoms with Gasteiger partial charge in [0, 0.05) is 18.8 Å². The number of nitrogens with zero attached hydrogens (tertiary/aromatic N) is 2. The van der Waals surface area contributed by atoms with Gasteiger partial charge >= 0.3 is 0 Å². The lowest BCUT2D eigenvalue weighted by Gasteiger charge is -2.23. The lowest BCUT2D eigenvalue weighted by molar-refractivity contribution is 0.626. The second kappa shape index (κ2) is 7.74. The SMILES string of the molecule is CCNCc1cccc(CN(CC)c2cccc(F)c2)n1. The first-order valence-electron chi connectivity index (χ1n) is 7.39. The van der Waals surface area contributed by atoms with Crippen molar-refractivity contribution in [2.75, 3.05) is 18.0 Å². The minimum atomic E-state index is -0.209. The number of benzene rings is 1. The van der Waals surface area contributed by atoms with E-state index < -0.39 is 0 Å². The van der Waals surface area contributed by atoms with Gasteiger partial charge in [-0.05, 0) is 43.8 Å². The highest BCUT2D eigenvalue weighted by atomic mass is 19.1. The van der Waals surface area contributed by atoms with Crippen LogP contribution in [0, 0.1) is 5.82 Å². The third kappa shape index (κ3) is 4.53. The zero-order valence-corrected chi connectivity index (χ0v) is 12.6. The van der Waals surface area contributed by atoms with Crippen molar-refractivity contribution in [1.29, 1.82) is 0 Å². The van der Waals surface area contributed by atoms with Gasteiger partial charge in [-0.15, -0.1) is 0 Å². The molecule has 1 heterocycles. The normalized spacial score (nSPS) is 10.6. The largest absolute Gasteiger partial charge is 0.366 e. The Bertz CT molecular complexity index is 571. The Morgan fingerprint density at radius 2 is 1.86 bits per heavy atom. The molecule has 2 rings (SSSR count). The highest BCUT2D eigenvalue weighted by molar-refractivity contribution is 5.46. The van der Waals surface area contributed by atoms with E-state index in [1.165, 1.54) is 6.07 Å². The Hall–Kier alpha value is -1.94. The molecule has 1 N–H and O–H groups in total. The molecule has 0 aliphatic heterocycles. The van der Waals surface area contributed by atoms with E-state index in [1.807, 2.05) is 24.3 Å². The summed E-state index contributed by atoms with van der Waals surface area (Å²) < 4.78 is 13.4. The van der Waals surface area contributed by atoms with Crippen molar-refractivity contribution in [2.45, 2.75) is 26.9 Å². The summed E-state index contributed by atoms with van der Waals surface area (Å²) in [4.78, 5) is 6.76. The molecule has 3 nitrogen and oxygen atoms in total. The fraction of sp³-hybridized carbons (Fsp3) is 0.353. The Morgan fingerprint density at radius 1 is 1.10 bits per heavy atom. The molecule has 0 saturated heterocycles. The standard InChI is InChI=1S/C17H22FN3/c1-3-19-12-15-8-6-9-16(20-15)13-21(4-2)17-10-5-7-14(18)11-17/h5-11,19H,3-4,12-13H2,1-2H3. The summed E-state index contributed by atoms with van der Waals surface area (Å²) in [5, 5.41) is 3.27. The van der Waals surface area contributed by atoms with E-state index in [0.29, 0.717) is 6.54 Å². The molecule has 0 aliphatic carbocycles. The third-order valence-electron chi connectivity index (χ3n) is 3.33. The summed E-state index contributed by atoms with van der Waals surface area (Å²) in [5.41, 5.74) is 2.91. The van der Waals surface area contributed by atoms with Gasteiger partial charge in [-0.3, -0.25) is 4.98 Å². The molecule has 0 atom stereocenters. The van der Waals surface area contributed by atoms with E-state index in [9.17, 15) is 4.39 Å². The number of halogens is 1. The van der Waals surface area contributed by atoms with Gasteiger partial charge in [0.15, 0.2) is 0 Å². The summed E-state index contributed by atoms with van der Waals surface area (Å²) in [7, 11) is 0. The first-order valence-corrected chi connectivity index (χ1v) is 7.39. The van der Waals surface area contributed by atoms with Gasteiger partial charge in [-0.1, -0.05) is 19.1 Å². The summed E-state index contributed by atoms with van der Waals surface area (Å²) in [5.74, 6) is -0.209. The second-order valence-electron chi connectivity index (χ2n) is 4.89. The number of hydrogen-bond donors (Lipinski definition) is 1. The molecule has 0 aliphatic rings. The number of pyridine rings is 1. The molecule has 112 valence electrons. The summed E-state index contributed by atoms with van der Waals surface area (Å²) >= 11 is 0. The van der Waals surface area contributed by atoms with Crippen molar-refractivity contribution >= 4 is 5.69 Å². The van der Waals surface area contributed by atoms with Gasteiger partial charge in [0.05, 0.1) is 17.9 Å². The maximum Gasteiger partial charge on any atom is 0.125 e. The molecule has 1 aromatic carbocycles. The molecular weight excluding hydrogens is 265 g/mol. The number of anilines is 1. The average molecular weight is 287 g/mol. The maximum atomic E-state index is 13.4. The van der Waals surface area contributed by atoms with Crippen LogP contribution in [0.3, 0.4) is 0 Å². The zero-order valence-electron chi connectivity index (χ0n) is 12.6. The monoisotopic (exact) mass is 287 g/mol. The minimum absolute atomic E-state index is 0.209. The molecule has 0 radical (unpaired) electrons. The van der Waals surface area contributed by atoms with Crippen LogP contribution in [0.15, 0.2) is 42.5 Å². The highest BCUT2D eigenvalue weighted by Gasteiger charge is 2.07. The molecule has 0 amide bonds. The number of hydrogen-bond acceptors (Lipinski definition) is 3. The maximum absolute atomic E-state index is 13.4. The lowest BCUT2D eigenvalue weighted by Crippen LogP contribution is -2.23. The molecule has 0 spiro atoms. The number of aromatic nitrogens is 1.